The van der Waals surface area contributed by atoms with E-state index in [9.17, 15) is 0 Å². The van der Waals surface area contributed by atoms with Gasteiger partial charge in [-0.05, 0) is 329 Å². The van der Waals surface area contributed by atoms with Crippen molar-refractivity contribution in [2.24, 2.45) is 0 Å². The lowest BCUT2D eigenvalue weighted by Crippen LogP contribution is -2.00. The zero-order chi connectivity index (χ0) is 92.5. The number of anilines is 6. The van der Waals surface area contributed by atoms with Crippen LogP contribution in [-0.2, 0) is 51.4 Å². The number of rotatable bonds is 39. The Kier molecular flexibility index (Phi) is 35.9. The highest BCUT2D eigenvalue weighted by molar-refractivity contribution is 9.10. The zero-order valence-electron chi connectivity index (χ0n) is 80.1. The van der Waals surface area contributed by atoms with Crippen molar-refractivity contribution in [2.75, 3.05) is 22.1 Å². The average Bonchev–Trinajstić information content (AvgIpc) is 0.773. The first kappa shape index (κ1) is 96.3. The maximum atomic E-state index is 6.02. The molecule has 133 heavy (non-hydrogen) atoms. The molecule has 0 fully saturated rings. The van der Waals surface area contributed by atoms with Gasteiger partial charge in [0.1, 0.15) is 0 Å². The summed E-state index contributed by atoms with van der Waals surface area (Å²) in [6.45, 7) is 18.4. The molecule has 0 spiro atoms. The van der Waals surface area contributed by atoms with Crippen molar-refractivity contribution in [3.63, 3.8) is 0 Å². The molecular weight excluding hydrogens is 1670 g/mol. The van der Waals surface area contributed by atoms with E-state index in [1.54, 1.807) is 0 Å². The highest BCUT2D eigenvalue weighted by Crippen LogP contribution is 2.43. The third kappa shape index (κ3) is 26.4. The molecule has 16 rings (SSSR count). The maximum absolute atomic E-state index is 6.02. The van der Waals surface area contributed by atoms with Gasteiger partial charge in [-0.15, -0.1) is 0 Å². The number of aryl methyl sites for hydroxylation is 8. The van der Waals surface area contributed by atoms with Gasteiger partial charge in [-0.1, -0.05) is 421 Å². The van der Waals surface area contributed by atoms with Crippen molar-refractivity contribution < 1.29 is 0 Å². The third-order valence-corrected chi connectivity index (χ3v) is 26.9. The summed E-state index contributed by atoms with van der Waals surface area (Å²) in [5, 5.41) is 7.24. The molecule has 0 saturated heterocycles. The molecule has 0 atom stereocenters. The van der Waals surface area contributed by atoms with Crippen LogP contribution < -0.4 is 22.1 Å². The Hall–Kier alpha value is -12.8. The number of benzene rings is 16. The molecule has 4 nitrogen and oxygen atoms in total. The summed E-state index contributed by atoms with van der Waals surface area (Å²) < 4.78 is 1.12. The van der Waals surface area contributed by atoms with E-state index in [1.807, 2.05) is 30.3 Å². The van der Waals surface area contributed by atoms with Gasteiger partial charge in [-0.25, -0.2) is 0 Å². The molecule has 0 heterocycles. The van der Waals surface area contributed by atoms with Crippen LogP contribution in [0.4, 0.5) is 34.1 Å². The van der Waals surface area contributed by atoms with Gasteiger partial charge < -0.3 is 22.1 Å². The first-order chi connectivity index (χ1) is 65.3. The van der Waals surface area contributed by atoms with Gasteiger partial charge in [0.25, 0.3) is 0 Å². The Balaban J connectivity index is 0.000000199. The van der Waals surface area contributed by atoms with Gasteiger partial charge in [0.15, 0.2) is 0 Å². The number of unbranched alkanes of at least 4 members (excludes halogenated alkanes) is 12. The van der Waals surface area contributed by atoms with Crippen molar-refractivity contribution in [3.8, 4) is 122 Å². The highest BCUT2D eigenvalue weighted by atomic mass is 79.9. The van der Waals surface area contributed by atoms with Crippen LogP contribution in [0.15, 0.2) is 362 Å². The molecule has 0 aromatic heterocycles. The van der Waals surface area contributed by atoms with Gasteiger partial charge in [-0.2, -0.15) is 0 Å². The fourth-order valence-electron chi connectivity index (χ4n) is 18.7. The normalized spacial score (nSPS) is 11.1. The topological polar surface area (TPSA) is 76.1 Å². The number of hydrogen-bond acceptors (Lipinski definition) is 4. The SMILES string of the molecule is Brc1ccc(-c2ccccc2)cc1.CCCCCCc1cc(-c2ccc(-c3ccc(N)cc3)c(CC)c2)c(CCCCCC)cc1-c1ccc(-c2ccc(N)cc2)c(CC)c1.CCCCCCc1cc(-c2ccc(-c3ccc(Nc4ccc(-c5ccccc5)cc4)cc3)c(CC)c2)c(CCCCCC)cc1-c1ccc(-c2ccc(Nc3ccc(-c4ccccc4)cc3)cc2)c(CC)c1. The molecule has 0 radical (unpaired) electrons. The van der Waals surface area contributed by atoms with Gasteiger partial charge in [0, 0.05) is 38.6 Å². The summed E-state index contributed by atoms with van der Waals surface area (Å²) in [5.74, 6) is 0. The molecule has 16 aromatic rings. The summed E-state index contributed by atoms with van der Waals surface area (Å²) in [7, 11) is 0. The predicted octanol–water partition coefficient (Wildman–Crippen LogP) is 37.6. The first-order valence-electron chi connectivity index (χ1n) is 49.7. The Morgan fingerprint density at radius 3 is 0.609 bits per heavy atom. The summed E-state index contributed by atoms with van der Waals surface area (Å²) in [6, 6.07) is 131. The van der Waals surface area contributed by atoms with Gasteiger partial charge >= 0.3 is 0 Å². The van der Waals surface area contributed by atoms with Crippen molar-refractivity contribution >= 4 is 50.1 Å². The minimum atomic E-state index is 0.804. The number of nitrogens with two attached hydrogens (primary N) is 2. The molecule has 676 valence electrons. The van der Waals surface area contributed by atoms with E-state index >= 15 is 0 Å². The molecule has 0 amide bonds. The molecule has 0 bridgehead atoms. The number of nitrogens with one attached hydrogen (secondary N) is 2. The molecular formula is C128H137BrN4. The van der Waals surface area contributed by atoms with Crippen LogP contribution >= 0.6 is 15.9 Å². The molecule has 0 saturated carbocycles. The molecule has 0 aliphatic heterocycles. The van der Waals surface area contributed by atoms with Crippen LogP contribution in [0.5, 0.6) is 0 Å². The second-order valence-corrected chi connectivity index (χ2v) is 36.8. The summed E-state index contributed by atoms with van der Waals surface area (Å²) in [4.78, 5) is 0. The van der Waals surface area contributed by atoms with E-state index in [0.717, 1.165) is 90.0 Å². The van der Waals surface area contributed by atoms with Crippen LogP contribution in [-0.4, -0.2) is 0 Å². The molecule has 0 unspecified atom stereocenters. The fraction of sp³-hybridized carbons (Fsp3) is 0.250. The van der Waals surface area contributed by atoms with Gasteiger partial charge in [0.2, 0.25) is 0 Å². The lowest BCUT2D eigenvalue weighted by atomic mass is 9.84. The molecule has 16 aromatic carbocycles. The average molecular weight is 1810 g/mol. The molecule has 6 N–H and O–H groups in total. The van der Waals surface area contributed by atoms with Crippen LogP contribution in [0.25, 0.3) is 122 Å². The van der Waals surface area contributed by atoms with Gasteiger partial charge in [0.05, 0.1) is 0 Å². The van der Waals surface area contributed by atoms with E-state index in [0.29, 0.717) is 0 Å². The van der Waals surface area contributed by atoms with E-state index in [-0.39, 0.29) is 0 Å². The minimum Gasteiger partial charge on any atom is -0.399 e. The van der Waals surface area contributed by atoms with Crippen molar-refractivity contribution in [2.45, 2.75) is 209 Å². The van der Waals surface area contributed by atoms with E-state index < -0.39 is 0 Å². The molecule has 0 aliphatic rings. The van der Waals surface area contributed by atoms with Crippen molar-refractivity contribution in [1.29, 1.82) is 0 Å². The molecule has 5 heteroatoms. The number of nitrogen functional groups attached to an aromatic ring is 2. The first-order valence-corrected chi connectivity index (χ1v) is 50.5. The van der Waals surface area contributed by atoms with E-state index in [1.165, 1.54) is 270 Å². The summed E-state index contributed by atoms with van der Waals surface area (Å²) in [5.41, 5.74) is 58.0. The molecule has 0 aliphatic carbocycles. The summed E-state index contributed by atoms with van der Waals surface area (Å²) >= 11 is 3.42. The lowest BCUT2D eigenvalue weighted by Gasteiger charge is -2.20. The largest absolute Gasteiger partial charge is 0.399 e. The Bertz CT molecular complexity index is 5950. The van der Waals surface area contributed by atoms with Crippen LogP contribution in [0, 0.1) is 0 Å². The summed E-state index contributed by atoms with van der Waals surface area (Å²) in [6.07, 6.45) is 28.3. The lowest BCUT2D eigenvalue weighted by molar-refractivity contribution is 0.664. The minimum absolute atomic E-state index is 0.804. The quantitative estimate of drug-likeness (QED) is 0.0229. The Morgan fingerprint density at radius 1 is 0.180 bits per heavy atom. The standard InChI is InChI=1S/C70H72N2.C46H56N2.C12H9Br/c1-5-9-11-15-25-59-49-70(62-36-46-68(52(8-4)48-62)58-33-43-66(44-34-58)72-64-39-29-56(30-40-64)54-23-19-14-20-24-54)60(26-16-12-10-6-2)50-69(59)61-35-45-67(51(7-3)47-61)57-31-41-65(42-32-57)71-63-37-27-55(28-38-63)53-21-17-13-18-22-53;1-5-9-11-13-15-37-31-46(40-22-28-44(34(8-4)30-40)36-19-25-42(48)26-20-36)38(16-14-12-10-6-2)32-45(37)39-21-27-43(33(7-3)29-39)35-17-23-41(47)24-18-35;13-12-8-6-11(7-9-12)10-4-2-1-3-5-10/h13-14,17-24,27-50,71-72H,5-12,15-16,25-26H2,1-4H3;17-32H,5-16,47-48H2,1-4H3;1-9H. The van der Waals surface area contributed by atoms with Crippen LogP contribution in [0.1, 0.15) is 203 Å². The Labute approximate surface area is 805 Å². The maximum Gasteiger partial charge on any atom is 0.0384 e. The van der Waals surface area contributed by atoms with Crippen LogP contribution in [0.3, 0.4) is 0 Å². The number of halogens is 1. The second kappa shape index (κ2) is 49.6. The highest BCUT2D eigenvalue weighted by Gasteiger charge is 2.21. The second-order valence-electron chi connectivity index (χ2n) is 35.9. The van der Waals surface area contributed by atoms with E-state index in [2.05, 4.69) is 410 Å². The third-order valence-electron chi connectivity index (χ3n) is 26.4. The van der Waals surface area contributed by atoms with Crippen molar-refractivity contribution in [1.82, 2.24) is 0 Å². The fourth-order valence-corrected chi connectivity index (χ4v) is 19.0. The van der Waals surface area contributed by atoms with Crippen molar-refractivity contribution in [3.05, 3.63) is 407 Å². The Morgan fingerprint density at radius 2 is 0.383 bits per heavy atom. The zero-order valence-corrected chi connectivity index (χ0v) is 81.7. The number of hydrogen-bond donors (Lipinski definition) is 4. The van der Waals surface area contributed by atoms with E-state index in [4.69, 9.17) is 11.5 Å². The monoisotopic (exact) mass is 1810 g/mol. The smallest absolute Gasteiger partial charge is 0.0384 e. The van der Waals surface area contributed by atoms with Crippen LogP contribution in [0.2, 0.25) is 0 Å². The predicted molar refractivity (Wildman–Crippen MR) is 584 cm³/mol. The van der Waals surface area contributed by atoms with Gasteiger partial charge in [-0.3, -0.25) is 0 Å².